The van der Waals surface area contributed by atoms with Crippen LogP contribution in [-0.4, -0.2) is 17.3 Å². The summed E-state index contributed by atoms with van der Waals surface area (Å²) in [5, 5.41) is 22.1. The third-order valence-corrected chi connectivity index (χ3v) is 3.68. The van der Waals surface area contributed by atoms with E-state index in [1.54, 1.807) is 0 Å². The van der Waals surface area contributed by atoms with Crippen molar-refractivity contribution in [1.29, 1.82) is 5.26 Å². The van der Waals surface area contributed by atoms with E-state index in [1.165, 1.54) is 0 Å². The molecule has 0 bridgehead atoms. The smallest absolute Gasteiger partial charge is 0.103 e. The number of hydrogen-bond acceptors (Lipinski definition) is 3. The maximum Gasteiger partial charge on any atom is 0.103 e. The fourth-order valence-corrected chi connectivity index (χ4v) is 2.26. The van der Waals surface area contributed by atoms with Crippen molar-refractivity contribution >= 4 is 21.6 Å². The van der Waals surface area contributed by atoms with Gasteiger partial charge in [-0.15, -0.1) is 0 Å². The molecule has 2 N–H and O–H groups in total. The second-order valence-corrected chi connectivity index (χ2v) is 5.06. The van der Waals surface area contributed by atoms with Crippen LogP contribution in [0.1, 0.15) is 24.8 Å². The van der Waals surface area contributed by atoms with Gasteiger partial charge in [-0.1, -0.05) is 6.07 Å². The zero-order valence-corrected chi connectivity index (χ0v) is 10.4. The van der Waals surface area contributed by atoms with Crippen molar-refractivity contribution in [3.05, 3.63) is 28.2 Å². The first-order valence-electron chi connectivity index (χ1n) is 5.29. The standard InChI is InChI=1S/C12H13BrN2O/c13-10-3-1-4-11(9(10)7-14)15-8-12(16)5-2-6-12/h1,3-4,15-16H,2,5-6,8H2. The SMILES string of the molecule is N#Cc1c(Br)cccc1NCC1(O)CCC1. The molecule has 16 heavy (non-hydrogen) atoms. The minimum absolute atomic E-state index is 0.512. The Hall–Kier alpha value is -1.05. The largest absolute Gasteiger partial charge is 0.388 e. The molecule has 1 aliphatic carbocycles. The first-order chi connectivity index (χ1) is 7.64. The first-order valence-corrected chi connectivity index (χ1v) is 6.09. The maximum absolute atomic E-state index is 9.95. The summed E-state index contributed by atoms with van der Waals surface area (Å²) in [6.07, 6.45) is 2.77. The number of nitriles is 1. The highest BCUT2D eigenvalue weighted by atomic mass is 79.9. The molecule has 0 spiro atoms. The zero-order valence-electron chi connectivity index (χ0n) is 8.83. The lowest BCUT2D eigenvalue weighted by Gasteiger charge is -2.37. The molecule has 84 valence electrons. The monoisotopic (exact) mass is 280 g/mol. The number of hydrogen-bond donors (Lipinski definition) is 2. The van der Waals surface area contributed by atoms with Crippen LogP contribution in [0.25, 0.3) is 0 Å². The van der Waals surface area contributed by atoms with Crippen LogP contribution in [-0.2, 0) is 0 Å². The third-order valence-electron chi connectivity index (χ3n) is 3.02. The minimum Gasteiger partial charge on any atom is -0.388 e. The Labute approximate surface area is 103 Å². The van der Waals surface area contributed by atoms with Crippen molar-refractivity contribution in [2.75, 3.05) is 11.9 Å². The van der Waals surface area contributed by atoms with Gasteiger partial charge < -0.3 is 10.4 Å². The van der Waals surface area contributed by atoms with Gasteiger partial charge in [-0.25, -0.2) is 0 Å². The van der Waals surface area contributed by atoms with Crippen LogP contribution in [0.5, 0.6) is 0 Å². The lowest BCUT2D eigenvalue weighted by molar-refractivity contribution is -0.0202. The summed E-state index contributed by atoms with van der Waals surface area (Å²) in [6, 6.07) is 7.71. The second kappa shape index (κ2) is 4.44. The minimum atomic E-state index is -0.574. The summed E-state index contributed by atoms with van der Waals surface area (Å²) >= 11 is 3.33. The number of nitrogens with one attached hydrogen (secondary N) is 1. The number of rotatable bonds is 3. The van der Waals surface area contributed by atoms with E-state index in [2.05, 4.69) is 27.3 Å². The van der Waals surface area contributed by atoms with Crippen molar-refractivity contribution in [2.45, 2.75) is 24.9 Å². The Morgan fingerprint density at radius 2 is 2.25 bits per heavy atom. The maximum atomic E-state index is 9.95. The molecule has 2 rings (SSSR count). The van der Waals surface area contributed by atoms with Gasteiger partial charge in [-0.05, 0) is 47.3 Å². The highest BCUT2D eigenvalue weighted by molar-refractivity contribution is 9.10. The van der Waals surface area contributed by atoms with Crippen molar-refractivity contribution in [3.63, 3.8) is 0 Å². The Morgan fingerprint density at radius 3 is 2.81 bits per heavy atom. The van der Waals surface area contributed by atoms with Gasteiger partial charge in [0.25, 0.3) is 0 Å². The molecule has 0 heterocycles. The van der Waals surface area contributed by atoms with Crippen LogP contribution in [0.2, 0.25) is 0 Å². The molecule has 3 nitrogen and oxygen atoms in total. The lowest BCUT2D eigenvalue weighted by atomic mass is 9.80. The van der Waals surface area contributed by atoms with Crippen molar-refractivity contribution in [1.82, 2.24) is 0 Å². The molecule has 1 aliphatic rings. The topological polar surface area (TPSA) is 56.0 Å². The van der Waals surface area contributed by atoms with Gasteiger partial charge in [0.15, 0.2) is 0 Å². The zero-order chi connectivity index (χ0) is 11.6. The lowest BCUT2D eigenvalue weighted by Crippen LogP contribution is -2.43. The summed E-state index contributed by atoms with van der Waals surface area (Å²) in [4.78, 5) is 0. The van der Waals surface area contributed by atoms with E-state index >= 15 is 0 Å². The molecule has 0 amide bonds. The Morgan fingerprint density at radius 1 is 1.50 bits per heavy atom. The van der Waals surface area contributed by atoms with E-state index in [4.69, 9.17) is 5.26 Å². The average Bonchev–Trinajstić information content (AvgIpc) is 2.24. The molecule has 1 fully saturated rings. The number of halogens is 1. The summed E-state index contributed by atoms with van der Waals surface area (Å²) in [5.41, 5.74) is 0.789. The number of benzene rings is 1. The third kappa shape index (κ3) is 2.21. The molecular weight excluding hydrogens is 268 g/mol. The average molecular weight is 281 g/mol. The second-order valence-electron chi connectivity index (χ2n) is 4.21. The van der Waals surface area contributed by atoms with E-state index < -0.39 is 5.60 Å². The van der Waals surface area contributed by atoms with Gasteiger partial charge in [0.2, 0.25) is 0 Å². The molecule has 0 saturated heterocycles. The highest BCUT2D eigenvalue weighted by Gasteiger charge is 2.34. The van der Waals surface area contributed by atoms with Gasteiger partial charge >= 0.3 is 0 Å². The molecule has 0 radical (unpaired) electrons. The van der Waals surface area contributed by atoms with E-state index in [1.807, 2.05) is 18.2 Å². The molecule has 0 aromatic heterocycles. The molecular formula is C12H13BrN2O. The molecule has 1 aromatic carbocycles. The molecule has 0 atom stereocenters. The molecule has 0 aliphatic heterocycles. The van der Waals surface area contributed by atoms with Crippen LogP contribution >= 0.6 is 15.9 Å². The Kier molecular flexibility index (Phi) is 3.17. The van der Waals surface area contributed by atoms with Crippen molar-refractivity contribution < 1.29 is 5.11 Å². The normalized spacial score (nSPS) is 17.3. The van der Waals surface area contributed by atoms with E-state index in [9.17, 15) is 5.11 Å². The van der Waals surface area contributed by atoms with E-state index in [0.29, 0.717) is 12.1 Å². The van der Waals surface area contributed by atoms with Gasteiger partial charge in [0.1, 0.15) is 6.07 Å². The van der Waals surface area contributed by atoms with Crippen LogP contribution < -0.4 is 5.32 Å². The Bertz CT molecular complexity index is 435. The van der Waals surface area contributed by atoms with Gasteiger partial charge in [-0.3, -0.25) is 0 Å². The number of aliphatic hydroxyl groups is 1. The predicted molar refractivity (Wildman–Crippen MR) is 66.1 cm³/mol. The highest BCUT2D eigenvalue weighted by Crippen LogP contribution is 2.32. The first kappa shape index (κ1) is 11.4. The van der Waals surface area contributed by atoms with Gasteiger partial charge in [0.05, 0.1) is 16.9 Å². The van der Waals surface area contributed by atoms with E-state index in [0.717, 1.165) is 29.4 Å². The fraction of sp³-hybridized carbons (Fsp3) is 0.417. The van der Waals surface area contributed by atoms with Gasteiger partial charge in [0, 0.05) is 11.0 Å². The van der Waals surface area contributed by atoms with E-state index in [-0.39, 0.29) is 0 Å². The number of anilines is 1. The molecule has 0 unspecified atom stereocenters. The summed E-state index contributed by atoms with van der Waals surface area (Å²) in [5.74, 6) is 0. The molecule has 4 heteroatoms. The van der Waals surface area contributed by atoms with Crippen molar-refractivity contribution in [2.24, 2.45) is 0 Å². The van der Waals surface area contributed by atoms with Crippen LogP contribution in [0.3, 0.4) is 0 Å². The van der Waals surface area contributed by atoms with Gasteiger partial charge in [-0.2, -0.15) is 5.26 Å². The summed E-state index contributed by atoms with van der Waals surface area (Å²) in [6.45, 7) is 0.512. The Balaban J connectivity index is 2.10. The quantitative estimate of drug-likeness (QED) is 0.895. The van der Waals surface area contributed by atoms with Crippen molar-refractivity contribution in [3.8, 4) is 6.07 Å². The molecule has 1 aromatic rings. The van der Waals surface area contributed by atoms with Crippen LogP contribution in [0.4, 0.5) is 5.69 Å². The molecule has 1 saturated carbocycles. The van der Waals surface area contributed by atoms with Crippen LogP contribution in [0, 0.1) is 11.3 Å². The fourth-order valence-electron chi connectivity index (χ4n) is 1.81. The predicted octanol–water partition coefficient (Wildman–Crippen LogP) is 2.65. The summed E-state index contributed by atoms with van der Waals surface area (Å²) in [7, 11) is 0. The number of nitrogens with zero attached hydrogens (tertiary/aromatic N) is 1. The van der Waals surface area contributed by atoms with Crippen LogP contribution in [0.15, 0.2) is 22.7 Å². The summed E-state index contributed by atoms with van der Waals surface area (Å²) < 4.78 is 0.778.